The van der Waals surface area contributed by atoms with Gasteiger partial charge in [-0.25, -0.2) is 0 Å². The summed E-state index contributed by atoms with van der Waals surface area (Å²) in [5.74, 6) is 0.0539. The molecule has 18 heavy (non-hydrogen) atoms. The second-order valence-corrected chi connectivity index (χ2v) is 5.82. The van der Waals surface area contributed by atoms with Gasteiger partial charge >= 0.3 is 15.6 Å². The normalized spacial score (nSPS) is 16.7. The molecule has 0 aliphatic heterocycles. The van der Waals surface area contributed by atoms with E-state index in [1.54, 1.807) is 12.1 Å². The van der Waals surface area contributed by atoms with Crippen molar-refractivity contribution in [3.63, 3.8) is 0 Å². The molecule has 0 heterocycles. The third-order valence-electron chi connectivity index (χ3n) is 2.74. The molecule has 0 aromatic heterocycles. The van der Waals surface area contributed by atoms with Gasteiger partial charge in [0.05, 0.1) is 0 Å². The summed E-state index contributed by atoms with van der Waals surface area (Å²) < 4.78 is 62.6. The minimum atomic E-state index is -5.60. The van der Waals surface area contributed by atoms with Crippen molar-refractivity contribution in [3.8, 4) is 5.75 Å². The molecule has 0 unspecified atom stereocenters. The van der Waals surface area contributed by atoms with Gasteiger partial charge in [0.15, 0.2) is 0 Å². The zero-order valence-corrected chi connectivity index (χ0v) is 10.3. The summed E-state index contributed by atoms with van der Waals surface area (Å²) in [6.45, 7) is 1.50. The topological polar surface area (TPSA) is 43.4 Å². The maximum atomic E-state index is 12.2. The summed E-state index contributed by atoms with van der Waals surface area (Å²) in [5.41, 5.74) is -4.24. The van der Waals surface area contributed by atoms with Crippen molar-refractivity contribution in [2.24, 2.45) is 0 Å². The highest BCUT2D eigenvalue weighted by Gasteiger charge is 2.48. The fourth-order valence-electron chi connectivity index (χ4n) is 1.54. The molecule has 0 N–H and O–H groups in total. The van der Waals surface area contributed by atoms with Crippen molar-refractivity contribution in [2.45, 2.75) is 31.2 Å². The molecule has 0 amide bonds. The number of halogens is 3. The molecule has 1 fully saturated rings. The lowest BCUT2D eigenvalue weighted by atomic mass is 10.1. The second-order valence-electron chi connectivity index (χ2n) is 4.28. The van der Waals surface area contributed by atoms with Crippen LogP contribution in [-0.4, -0.2) is 13.9 Å². The van der Waals surface area contributed by atoms with E-state index in [1.165, 1.54) is 13.0 Å². The molecule has 2 rings (SSSR count). The Balaban J connectivity index is 2.31. The molecule has 1 aliphatic carbocycles. The number of hydrogen-bond donors (Lipinski definition) is 0. The molecule has 0 saturated heterocycles. The van der Waals surface area contributed by atoms with Gasteiger partial charge in [-0.1, -0.05) is 12.1 Å². The minimum Gasteiger partial charge on any atom is -0.376 e. The van der Waals surface area contributed by atoms with Crippen LogP contribution in [0.4, 0.5) is 13.2 Å². The molecular formula is C11H11F3O3S. The summed E-state index contributed by atoms with van der Waals surface area (Å²) in [5, 5.41) is 0. The van der Waals surface area contributed by atoms with Gasteiger partial charge in [0, 0.05) is 0 Å². The Kier molecular flexibility index (Phi) is 3.04. The van der Waals surface area contributed by atoms with Crippen LogP contribution in [0.2, 0.25) is 0 Å². The monoisotopic (exact) mass is 280 g/mol. The Bertz CT molecular complexity index is 559. The highest BCUT2D eigenvalue weighted by molar-refractivity contribution is 7.88. The van der Waals surface area contributed by atoms with Crippen LogP contribution in [0.1, 0.15) is 29.9 Å². The van der Waals surface area contributed by atoms with E-state index in [-0.39, 0.29) is 5.75 Å². The summed E-state index contributed by atoms with van der Waals surface area (Å²) in [4.78, 5) is 0. The highest BCUT2D eigenvalue weighted by Crippen LogP contribution is 2.42. The zero-order chi connectivity index (χ0) is 13.6. The number of hydrogen-bond acceptors (Lipinski definition) is 3. The number of rotatable bonds is 3. The SMILES string of the molecule is Cc1ccc(C2CC2)cc1OS(=O)(=O)C(F)(F)F. The first-order valence-electron chi connectivity index (χ1n) is 5.32. The van der Waals surface area contributed by atoms with Crippen LogP contribution in [0.25, 0.3) is 0 Å². The fourth-order valence-corrected chi connectivity index (χ4v) is 2.05. The van der Waals surface area contributed by atoms with E-state index in [1.807, 2.05) is 0 Å². The number of aryl methyl sites for hydroxylation is 1. The third-order valence-corrected chi connectivity index (χ3v) is 3.71. The molecule has 0 bridgehead atoms. The molecule has 1 aromatic carbocycles. The lowest BCUT2D eigenvalue weighted by molar-refractivity contribution is -0.0500. The average Bonchev–Trinajstić information content (AvgIpc) is 3.02. The molecule has 1 aliphatic rings. The van der Waals surface area contributed by atoms with Crippen LogP contribution in [0, 0.1) is 6.92 Å². The molecule has 1 aromatic rings. The van der Waals surface area contributed by atoms with E-state index in [4.69, 9.17) is 0 Å². The van der Waals surface area contributed by atoms with Gasteiger partial charge in [-0.05, 0) is 42.9 Å². The van der Waals surface area contributed by atoms with E-state index in [0.717, 1.165) is 18.4 Å². The third kappa shape index (κ3) is 2.60. The van der Waals surface area contributed by atoms with Crippen LogP contribution in [0.15, 0.2) is 18.2 Å². The van der Waals surface area contributed by atoms with E-state index in [2.05, 4.69) is 4.18 Å². The lowest BCUT2D eigenvalue weighted by Crippen LogP contribution is -2.28. The molecule has 0 radical (unpaired) electrons. The maximum absolute atomic E-state index is 12.2. The van der Waals surface area contributed by atoms with Gasteiger partial charge in [0.1, 0.15) is 5.75 Å². The number of benzene rings is 1. The first-order valence-corrected chi connectivity index (χ1v) is 6.73. The van der Waals surface area contributed by atoms with Crippen molar-refractivity contribution in [1.82, 2.24) is 0 Å². The Morgan fingerprint density at radius 1 is 1.28 bits per heavy atom. The quantitative estimate of drug-likeness (QED) is 0.631. The van der Waals surface area contributed by atoms with Crippen molar-refractivity contribution < 1.29 is 25.8 Å². The van der Waals surface area contributed by atoms with E-state index < -0.39 is 15.6 Å². The van der Waals surface area contributed by atoms with Crippen LogP contribution in [-0.2, 0) is 10.1 Å². The fraction of sp³-hybridized carbons (Fsp3) is 0.455. The van der Waals surface area contributed by atoms with Crippen molar-refractivity contribution >= 4 is 10.1 Å². The van der Waals surface area contributed by atoms with Crippen LogP contribution < -0.4 is 4.18 Å². The Labute approximate surface area is 103 Å². The average molecular weight is 280 g/mol. The smallest absolute Gasteiger partial charge is 0.376 e. The van der Waals surface area contributed by atoms with Gasteiger partial charge in [0.2, 0.25) is 0 Å². The predicted octanol–water partition coefficient (Wildman–Crippen LogP) is 3.10. The standard InChI is InChI=1S/C11H11F3O3S/c1-7-2-3-9(8-4-5-8)6-10(7)17-18(15,16)11(12,13)14/h2-3,6,8H,4-5H2,1H3. The van der Waals surface area contributed by atoms with Crippen LogP contribution in [0.5, 0.6) is 5.75 Å². The highest BCUT2D eigenvalue weighted by atomic mass is 32.2. The van der Waals surface area contributed by atoms with Crippen LogP contribution in [0.3, 0.4) is 0 Å². The number of alkyl halides is 3. The minimum absolute atomic E-state index is 0.253. The molecule has 3 nitrogen and oxygen atoms in total. The van der Waals surface area contributed by atoms with E-state index in [9.17, 15) is 21.6 Å². The maximum Gasteiger partial charge on any atom is 0.534 e. The summed E-state index contributed by atoms with van der Waals surface area (Å²) in [7, 11) is -5.60. The molecule has 7 heteroatoms. The molecule has 100 valence electrons. The lowest BCUT2D eigenvalue weighted by Gasteiger charge is -2.12. The molecule has 0 atom stereocenters. The first kappa shape index (κ1) is 13.2. The van der Waals surface area contributed by atoms with Gasteiger partial charge in [-0.3, -0.25) is 0 Å². The van der Waals surface area contributed by atoms with Crippen molar-refractivity contribution in [2.75, 3.05) is 0 Å². The Morgan fingerprint density at radius 2 is 1.89 bits per heavy atom. The van der Waals surface area contributed by atoms with Gasteiger partial charge in [-0.15, -0.1) is 0 Å². The van der Waals surface area contributed by atoms with Crippen molar-refractivity contribution in [3.05, 3.63) is 29.3 Å². The molecule has 1 saturated carbocycles. The summed E-state index contributed by atoms with van der Waals surface area (Å²) in [6, 6.07) is 4.71. The van der Waals surface area contributed by atoms with E-state index in [0.29, 0.717) is 11.5 Å². The zero-order valence-electron chi connectivity index (χ0n) is 9.49. The van der Waals surface area contributed by atoms with Crippen LogP contribution >= 0.6 is 0 Å². The molecule has 0 spiro atoms. The first-order chi connectivity index (χ1) is 8.21. The summed E-state index contributed by atoms with van der Waals surface area (Å²) in [6.07, 6.45) is 1.93. The molecular weight excluding hydrogens is 269 g/mol. The Hall–Kier alpha value is -1.24. The Morgan fingerprint density at radius 3 is 2.39 bits per heavy atom. The summed E-state index contributed by atoms with van der Waals surface area (Å²) >= 11 is 0. The van der Waals surface area contributed by atoms with Gasteiger partial charge < -0.3 is 4.18 Å². The second kappa shape index (κ2) is 4.15. The largest absolute Gasteiger partial charge is 0.534 e. The van der Waals surface area contributed by atoms with Crippen molar-refractivity contribution in [1.29, 1.82) is 0 Å². The van der Waals surface area contributed by atoms with Gasteiger partial charge in [0.25, 0.3) is 0 Å². The van der Waals surface area contributed by atoms with Gasteiger partial charge in [-0.2, -0.15) is 21.6 Å². The van der Waals surface area contributed by atoms with E-state index >= 15 is 0 Å². The predicted molar refractivity (Wildman–Crippen MR) is 58.8 cm³/mol.